The van der Waals surface area contributed by atoms with Gasteiger partial charge in [0.25, 0.3) is 0 Å². The van der Waals surface area contributed by atoms with E-state index in [0.29, 0.717) is 17.5 Å². The molecule has 3 aromatic heterocycles. The molecule has 1 unspecified atom stereocenters. The molecule has 58 heavy (non-hydrogen) atoms. The van der Waals surface area contributed by atoms with Crippen molar-refractivity contribution in [3.05, 3.63) is 194 Å². The molecule has 1 aliphatic rings. The normalized spacial score (nSPS) is 14.2. The maximum absolute atomic E-state index is 6.64. The fourth-order valence-corrected chi connectivity index (χ4v) is 8.98. The summed E-state index contributed by atoms with van der Waals surface area (Å²) in [6.07, 6.45) is 9.66. The Morgan fingerprint density at radius 2 is 1.24 bits per heavy atom. The number of para-hydroxylation sites is 1. The zero-order valence-corrected chi connectivity index (χ0v) is 31.4. The predicted octanol–water partition coefficient (Wildman–Crippen LogP) is 13.8. The van der Waals surface area contributed by atoms with E-state index in [-0.39, 0.29) is 5.92 Å². The van der Waals surface area contributed by atoms with Crippen LogP contribution in [0, 0.1) is 0 Å². The minimum atomic E-state index is 0.257. The van der Waals surface area contributed by atoms with Gasteiger partial charge in [-0.1, -0.05) is 140 Å². The minimum Gasteiger partial charge on any atom is -0.456 e. The van der Waals surface area contributed by atoms with Crippen LogP contribution in [0.4, 0.5) is 0 Å². The van der Waals surface area contributed by atoms with Crippen LogP contribution in [0.25, 0.3) is 105 Å². The molecule has 0 aliphatic heterocycles. The Bertz CT molecular complexity index is 3500. The third-order valence-electron chi connectivity index (χ3n) is 11.7. The molecule has 0 saturated heterocycles. The fraction of sp³-hybridized carbons (Fsp3) is 0.0377. The van der Waals surface area contributed by atoms with E-state index in [4.69, 9.17) is 19.4 Å². The molecule has 0 amide bonds. The first-order valence-electron chi connectivity index (χ1n) is 19.8. The molecule has 5 nitrogen and oxygen atoms in total. The molecule has 5 heteroatoms. The van der Waals surface area contributed by atoms with Gasteiger partial charge in [-0.3, -0.25) is 0 Å². The highest BCUT2D eigenvalue weighted by molar-refractivity contribution is 6.20. The van der Waals surface area contributed by atoms with Gasteiger partial charge in [0.15, 0.2) is 17.5 Å². The van der Waals surface area contributed by atoms with Crippen molar-refractivity contribution in [3.63, 3.8) is 0 Å². The summed E-state index contributed by atoms with van der Waals surface area (Å²) >= 11 is 0. The molecule has 0 saturated carbocycles. The molecule has 1 aliphatic carbocycles. The number of hydrogen-bond acceptors (Lipinski definition) is 4. The van der Waals surface area contributed by atoms with Gasteiger partial charge in [-0.2, -0.15) is 0 Å². The Hall–Kier alpha value is -7.63. The summed E-state index contributed by atoms with van der Waals surface area (Å²) in [5, 5.41) is 9.33. The average molecular weight is 743 g/mol. The van der Waals surface area contributed by atoms with E-state index in [2.05, 4.69) is 174 Å². The monoisotopic (exact) mass is 742 g/mol. The predicted molar refractivity (Wildman–Crippen MR) is 238 cm³/mol. The quantitative estimate of drug-likeness (QED) is 0.176. The molecule has 0 radical (unpaired) electrons. The van der Waals surface area contributed by atoms with Crippen molar-refractivity contribution in [2.45, 2.75) is 12.3 Å². The third kappa shape index (κ3) is 5.21. The van der Waals surface area contributed by atoms with E-state index in [0.717, 1.165) is 61.5 Å². The van der Waals surface area contributed by atoms with Gasteiger partial charge >= 0.3 is 0 Å². The third-order valence-corrected chi connectivity index (χ3v) is 11.7. The molecule has 0 bridgehead atoms. The second-order valence-corrected chi connectivity index (χ2v) is 15.1. The SMILES string of the molecule is C1=CCC(c2ccccc2-c2nc(-c3ccccc3)nc(-c3ccc4c(ccc5oc6cc(-n7c8ccccc8c8cc9ccccc9cc87)ccc6c54)c3)n2)C=C1. The number of allylic oxidation sites excluding steroid dienone is 4. The van der Waals surface area contributed by atoms with Gasteiger partial charge in [0.05, 0.1) is 11.0 Å². The standard InChI is InChI=1S/C53H34N4O/c1-3-13-33(14-4-1)40-19-9-10-21-43(40)53-55-51(34-15-5-2-6-16-34)54-52(56-53)38-23-26-41-37(29-38)24-28-48-50(41)44-27-25-39(32-49(44)58-48)57-46-22-12-11-20-42(46)45-30-35-17-7-8-18-36(35)31-47(45)57/h1-13,15-33H,14H2. The van der Waals surface area contributed by atoms with Gasteiger partial charge in [-0.15, -0.1) is 0 Å². The van der Waals surface area contributed by atoms with Gasteiger partial charge in [0, 0.05) is 55.9 Å². The molecular formula is C53H34N4O. The van der Waals surface area contributed by atoms with E-state index >= 15 is 0 Å². The van der Waals surface area contributed by atoms with E-state index in [9.17, 15) is 0 Å². The molecule has 3 heterocycles. The van der Waals surface area contributed by atoms with Crippen molar-refractivity contribution in [1.29, 1.82) is 0 Å². The summed E-state index contributed by atoms with van der Waals surface area (Å²) in [4.78, 5) is 15.3. The molecule has 1 atom stereocenters. The van der Waals surface area contributed by atoms with Gasteiger partial charge < -0.3 is 8.98 Å². The van der Waals surface area contributed by atoms with E-state index in [1.807, 2.05) is 18.2 Å². The highest BCUT2D eigenvalue weighted by Crippen LogP contribution is 2.40. The summed E-state index contributed by atoms with van der Waals surface area (Å²) in [7, 11) is 0. The lowest BCUT2D eigenvalue weighted by molar-refractivity contribution is 0.669. The van der Waals surface area contributed by atoms with Gasteiger partial charge in [-0.25, -0.2) is 15.0 Å². The summed E-state index contributed by atoms with van der Waals surface area (Å²) in [5.41, 5.74) is 9.24. The lowest BCUT2D eigenvalue weighted by Crippen LogP contribution is -2.04. The molecular weight excluding hydrogens is 709 g/mol. The lowest BCUT2D eigenvalue weighted by atomic mass is 9.89. The summed E-state index contributed by atoms with van der Waals surface area (Å²) in [6, 6.07) is 57.9. The van der Waals surface area contributed by atoms with Crippen LogP contribution in [0.2, 0.25) is 0 Å². The van der Waals surface area contributed by atoms with E-state index in [1.54, 1.807) is 0 Å². The first kappa shape index (κ1) is 32.6. The van der Waals surface area contributed by atoms with Crippen molar-refractivity contribution < 1.29 is 4.42 Å². The van der Waals surface area contributed by atoms with Gasteiger partial charge in [-0.05, 0) is 76.0 Å². The molecule has 0 spiro atoms. The summed E-state index contributed by atoms with van der Waals surface area (Å²) in [5.74, 6) is 2.22. The summed E-state index contributed by atoms with van der Waals surface area (Å²) in [6.45, 7) is 0. The smallest absolute Gasteiger partial charge is 0.164 e. The number of aromatic nitrogens is 4. The lowest BCUT2D eigenvalue weighted by Gasteiger charge is -2.18. The highest BCUT2D eigenvalue weighted by atomic mass is 16.3. The van der Waals surface area contributed by atoms with Gasteiger partial charge in [0.1, 0.15) is 11.2 Å². The van der Waals surface area contributed by atoms with E-state index in [1.165, 1.54) is 38.1 Å². The Labute approximate surface area is 333 Å². The van der Waals surface area contributed by atoms with Crippen LogP contribution < -0.4 is 0 Å². The maximum Gasteiger partial charge on any atom is 0.164 e. The summed E-state index contributed by atoms with van der Waals surface area (Å²) < 4.78 is 9.01. The first-order chi connectivity index (χ1) is 28.7. The highest BCUT2D eigenvalue weighted by Gasteiger charge is 2.20. The second-order valence-electron chi connectivity index (χ2n) is 15.1. The van der Waals surface area contributed by atoms with Crippen LogP contribution in [0.5, 0.6) is 0 Å². The zero-order chi connectivity index (χ0) is 38.2. The molecule has 11 aromatic rings. The molecule has 8 aromatic carbocycles. The Balaban J connectivity index is 0.993. The fourth-order valence-electron chi connectivity index (χ4n) is 8.98. The number of hydrogen-bond donors (Lipinski definition) is 0. The van der Waals surface area contributed by atoms with E-state index < -0.39 is 0 Å². The Morgan fingerprint density at radius 3 is 2.12 bits per heavy atom. The molecule has 12 rings (SSSR count). The number of furan rings is 1. The number of nitrogens with zero attached hydrogens (tertiary/aromatic N) is 4. The average Bonchev–Trinajstić information content (AvgIpc) is 3.83. The second kappa shape index (κ2) is 13.0. The van der Waals surface area contributed by atoms with Crippen molar-refractivity contribution in [2.75, 3.05) is 0 Å². The van der Waals surface area contributed by atoms with Crippen LogP contribution in [-0.4, -0.2) is 19.5 Å². The first-order valence-corrected chi connectivity index (χ1v) is 19.8. The maximum atomic E-state index is 6.64. The van der Waals surface area contributed by atoms with Crippen molar-refractivity contribution in [1.82, 2.24) is 19.5 Å². The number of fused-ring (bicyclic) bond motifs is 9. The topological polar surface area (TPSA) is 56.7 Å². The molecule has 0 fully saturated rings. The van der Waals surface area contributed by atoms with Crippen LogP contribution >= 0.6 is 0 Å². The largest absolute Gasteiger partial charge is 0.456 e. The van der Waals surface area contributed by atoms with Crippen molar-refractivity contribution in [2.24, 2.45) is 0 Å². The Kier molecular flexibility index (Phi) is 7.29. The van der Waals surface area contributed by atoms with Crippen LogP contribution in [0.3, 0.4) is 0 Å². The Morgan fingerprint density at radius 1 is 0.483 bits per heavy atom. The van der Waals surface area contributed by atoms with Crippen LogP contribution in [-0.2, 0) is 0 Å². The van der Waals surface area contributed by atoms with Gasteiger partial charge in [0.2, 0.25) is 0 Å². The number of benzene rings is 8. The molecule has 272 valence electrons. The van der Waals surface area contributed by atoms with Crippen LogP contribution in [0.1, 0.15) is 17.9 Å². The number of rotatable bonds is 5. The minimum absolute atomic E-state index is 0.257. The van der Waals surface area contributed by atoms with Crippen LogP contribution in [0.15, 0.2) is 193 Å². The van der Waals surface area contributed by atoms with Crippen molar-refractivity contribution >= 4 is 65.3 Å². The van der Waals surface area contributed by atoms with Crippen molar-refractivity contribution in [3.8, 4) is 39.9 Å². The zero-order valence-electron chi connectivity index (χ0n) is 31.4. The molecule has 0 N–H and O–H groups in total.